The zero-order chi connectivity index (χ0) is 12.2. The maximum Gasteiger partial charge on any atom is 0.0870 e. The quantitative estimate of drug-likeness (QED) is 0.446. The number of rotatable bonds is 11. The van der Waals surface area contributed by atoms with E-state index >= 15 is 0 Å². The second-order valence-corrected chi connectivity index (χ2v) is 5.03. The van der Waals surface area contributed by atoms with E-state index in [-0.39, 0.29) is 0 Å². The van der Waals surface area contributed by atoms with Crippen molar-refractivity contribution in [1.29, 1.82) is 0 Å². The van der Waals surface area contributed by atoms with Gasteiger partial charge in [-0.25, -0.2) is 0 Å². The molecule has 96 valence electrons. The molecule has 0 saturated carbocycles. The normalized spacial score (nSPS) is 10.9. The van der Waals surface area contributed by atoms with E-state index in [1.807, 2.05) is 0 Å². The number of thiocarbonyl (C=S) groups is 1. The highest BCUT2D eigenvalue weighted by molar-refractivity contribution is 7.80. The average Bonchev–Trinajstić information content (AvgIpc) is 2.22. The van der Waals surface area contributed by atoms with E-state index in [2.05, 4.69) is 18.7 Å². The molecule has 0 amide bonds. The first-order valence-corrected chi connectivity index (χ1v) is 7.12. The molecule has 2 nitrogen and oxygen atoms in total. The van der Waals surface area contributed by atoms with Crippen molar-refractivity contribution in [2.45, 2.75) is 58.8 Å². The second-order valence-electron chi connectivity index (χ2n) is 4.51. The van der Waals surface area contributed by atoms with Crippen LogP contribution >= 0.6 is 12.2 Å². The Hall–Kier alpha value is -0.150. The maximum atomic E-state index is 5.58. The Morgan fingerprint density at radius 2 is 1.56 bits per heavy atom. The third kappa shape index (κ3) is 10.4. The van der Waals surface area contributed by atoms with Crippen molar-refractivity contribution in [1.82, 2.24) is 4.90 Å². The zero-order valence-electron chi connectivity index (χ0n) is 11.0. The van der Waals surface area contributed by atoms with Crippen molar-refractivity contribution >= 4 is 17.2 Å². The fraction of sp³-hybridized carbons (Fsp3) is 0.923. The Kier molecular flexibility index (Phi) is 11.2. The van der Waals surface area contributed by atoms with Crippen molar-refractivity contribution < 1.29 is 0 Å². The van der Waals surface area contributed by atoms with Gasteiger partial charge in [-0.1, -0.05) is 58.2 Å². The molecule has 0 atom stereocenters. The molecule has 0 bridgehead atoms. The fourth-order valence-corrected chi connectivity index (χ4v) is 2.10. The summed E-state index contributed by atoms with van der Waals surface area (Å²) in [6.07, 6.45) is 9.28. The van der Waals surface area contributed by atoms with Gasteiger partial charge < -0.3 is 5.73 Å². The second kappa shape index (κ2) is 11.3. The molecule has 0 aromatic rings. The van der Waals surface area contributed by atoms with Crippen molar-refractivity contribution in [3.8, 4) is 0 Å². The number of nitrogens with two attached hydrogens (primary N) is 1. The van der Waals surface area contributed by atoms with Gasteiger partial charge in [0.15, 0.2) is 0 Å². The van der Waals surface area contributed by atoms with E-state index < -0.39 is 0 Å². The monoisotopic (exact) mass is 244 g/mol. The molecule has 0 rings (SSSR count). The molecule has 0 heterocycles. The van der Waals surface area contributed by atoms with Crippen LogP contribution in [0, 0.1) is 0 Å². The lowest BCUT2D eigenvalue weighted by molar-refractivity contribution is 0.303. The summed E-state index contributed by atoms with van der Waals surface area (Å²) in [5.74, 6) is 0. The lowest BCUT2D eigenvalue weighted by Gasteiger charge is -2.20. The van der Waals surface area contributed by atoms with Gasteiger partial charge in [0.05, 0.1) is 4.99 Å². The van der Waals surface area contributed by atoms with E-state index in [0.717, 1.165) is 19.6 Å². The SMILES string of the molecule is CCCCCCCCN(CCC)CC(N)=S. The van der Waals surface area contributed by atoms with Crippen LogP contribution in [0.3, 0.4) is 0 Å². The van der Waals surface area contributed by atoms with Crippen LogP contribution in [-0.2, 0) is 0 Å². The van der Waals surface area contributed by atoms with Gasteiger partial charge in [0.1, 0.15) is 0 Å². The lowest BCUT2D eigenvalue weighted by atomic mass is 10.1. The van der Waals surface area contributed by atoms with Crippen molar-refractivity contribution in [2.75, 3.05) is 19.6 Å². The molecule has 3 heteroatoms. The number of unbranched alkanes of at least 4 members (excludes halogenated alkanes) is 5. The lowest BCUT2D eigenvalue weighted by Crippen LogP contribution is -2.34. The maximum absolute atomic E-state index is 5.58. The third-order valence-electron chi connectivity index (χ3n) is 2.75. The molecule has 0 unspecified atom stereocenters. The van der Waals surface area contributed by atoms with E-state index in [9.17, 15) is 0 Å². The Balaban J connectivity index is 3.47. The van der Waals surface area contributed by atoms with Gasteiger partial charge >= 0.3 is 0 Å². The highest BCUT2D eigenvalue weighted by Crippen LogP contribution is 2.06. The summed E-state index contributed by atoms with van der Waals surface area (Å²) in [5.41, 5.74) is 5.58. The van der Waals surface area contributed by atoms with Crippen molar-refractivity contribution in [2.24, 2.45) is 5.73 Å². The van der Waals surface area contributed by atoms with Gasteiger partial charge in [-0.3, -0.25) is 4.90 Å². The Labute approximate surface area is 107 Å². The molecule has 0 aliphatic rings. The van der Waals surface area contributed by atoms with Gasteiger partial charge in [-0.05, 0) is 25.9 Å². The van der Waals surface area contributed by atoms with Crippen LogP contribution in [0.5, 0.6) is 0 Å². The standard InChI is InChI=1S/C13H28N2S/c1-3-5-6-7-8-9-11-15(10-4-2)12-13(14)16/h3-12H2,1-2H3,(H2,14,16). The van der Waals surface area contributed by atoms with Gasteiger partial charge in [-0.15, -0.1) is 0 Å². The van der Waals surface area contributed by atoms with Crippen LogP contribution in [0.25, 0.3) is 0 Å². The Bertz CT molecular complexity index is 171. The molecule has 0 spiro atoms. The van der Waals surface area contributed by atoms with Crippen LogP contribution in [0.2, 0.25) is 0 Å². The molecule has 0 aliphatic carbocycles. The Morgan fingerprint density at radius 3 is 2.12 bits per heavy atom. The first kappa shape index (κ1) is 15.9. The van der Waals surface area contributed by atoms with Gasteiger partial charge in [0.25, 0.3) is 0 Å². The van der Waals surface area contributed by atoms with Crippen LogP contribution < -0.4 is 5.73 Å². The molecule has 0 aromatic heterocycles. The summed E-state index contributed by atoms with van der Waals surface area (Å²) in [7, 11) is 0. The summed E-state index contributed by atoms with van der Waals surface area (Å²) >= 11 is 4.96. The number of hydrogen-bond acceptors (Lipinski definition) is 2. The molecule has 0 saturated heterocycles. The summed E-state index contributed by atoms with van der Waals surface area (Å²) in [5, 5.41) is 0. The molecule has 2 N–H and O–H groups in total. The minimum absolute atomic E-state index is 0.624. The molecule has 16 heavy (non-hydrogen) atoms. The van der Waals surface area contributed by atoms with Crippen LogP contribution in [0.4, 0.5) is 0 Å². The Morgan fingerprint density at radius 1 is 0.938 bits per heavy atom. The smallest absolute Gasteiger partial charge is 0.0870 e. The molecule has 0 aromatic carbocycles. The van der Waals surface area contributed by atoms with Crippen molar-refractivity contribution in [3.05, 3.63) is 0 Å². The molecular weight excluding hydrogens is 216 g/mol. The van der Waals surface area contributed by atoms with Gasteiger partial charge in [0.2, 0.25) is 0 Å². The molecule has 0 fully saturated rings. The van der Waals surface area contributed by atoms with Crippen LogP contribution in [0.15, 0.2) is 0 Å². The first-order chi connectivity index (χ1) is 7.70. The van der Waals surface area contributed by atoms with Crippen molar-refractivity contribution in [3.63, 3.8) is 0 Å². The summed E-state index contributed by atoms with van der Waals surface area (Å²) in [4.78, 5) is 3.00. The minimum Gasteiger partial charge on any atom is -0.392 e. The zero-order valence-corrected chi connectivity index (χ0v) is 11.8. The van der Waals surface area contributed by atoms with E-state index in [4.69, 9.17) is 18.0 Å². The van der Waals surface area contributed by atoms with Gasteiger partial charge in [-0.2, -0.15) is 0 Å². The van der Waals surface area contributed by atoms with Gasteiger partial charge in [0, 0.05) is 6.54 Å². The van der Waals surface area contributed by atoms with E-state index in [1.54, 1.807) is 0 Å². The highest BCUT2D eigenvalue weighted by Gasteiger charge is 2.04. The predicted octanol–water partition coefficient (Wildman–Crippen LogP) is 3.35. The summed E-state index contributed by atoms with van der Waals surface area (Å²) < 4.78 is 0. The largest absolute Gasteiger partial charge is 0.392 e. The topological polar surface area (TPSA) is 29.3 Å². The summed E-state index contributed by atoms with van der Waals surface area (Å²) in [6.45, 7) is 7.51. The fourth-order valence-electron chi connectivity index (χ4n) is 1.92. The van der Waals surface area contributed by atoms with Crippen LogP contribution in [0.1, 0.15) is 58.8 Å². The number of nitrogens with zero attached hydrogens (tertiary/aromatic N) is 1. The molecule has 0 aliphatic heterocycles. The minimum atomic E-state index is 0.624. The first-order valence-electron chi connectivity index (χ1n) is 6.71. The summed E-state index contributed by atoms with van der Waals surface area (Å²) in [6, 6.07) is 0. The average molecular weight is 244 g/mol. The van der Waals surface area contributed by atoms with E-state index in [0.29, 0.717) is 4.99 Å². The number of hydrogen-bond donors (Lipinski definition) is 1. The third-order valence-corrected chi connectivity index (χ3v) is 2.88. The van der Waals surface area contributed by atoms with Crippen LogP contribution in [-0.4, -0.2) is 29.5 Å². The predicted molar refractivity (Wildman–Crippen MR) is 76.9 cm³/mol. The highest BCUT2D eigenvalue weighted by atomic mass is 32.1. The molecule has 0 radical (unpaired) electrons. The van der Waals surface area contributed by atoms with E-state index in [1.165, 1.54) is 44.9 Å². The molecular formula is C13H28N2S.